The van der Waals surface area contributed by atoms with E-state index < -0.39 is 5.97 Å². The molecule has 0 atom stereocenters. The topological polar surface area (TPSA) is 70.1 Å². The van der Waals surface area contributed by atoms with E-state index in [4.69, 9.17) is 9.90 Å². The van der Waals surface area contributed by atoms with Crippen molar-refractivity contribution in [3.63, 3.8) is 0 Å². The second-order valence-corrected chi connectivity index (χ2v) is 0.492. The first kappa shape index (κ1) is 16.2. The van der Waals surface area contributed by atoms with Crippen LogP contribution in [0.15, 0.2) is 0 Å². The molecule has 0 unspecified atom stereocenters. The van der Waals surface area contributed by atoms with Crippen molar-refractivity contribution < 1.29 is 15.4 Å². The van der Waals surface area contributed by atoms with Gasteiger partial charge in [-0.15, -0.1) is 0 Å². The molecule has 2 radical (unpaired) electrons. The van der Waals surface area contributed by atoms with E-state index >= 15 is 0 Å². The van der Waals surface area contributed by atoms with Gasteiger partial charge in [0.1, 0.15) is 0 Å². The summed E-state index contributed by atoms with van der Waals surface area (Å²) in [4.78, 5) is 8.89. The van der Waals surface area contributed by atoms with E-state index in [1.165, 1.54) is 0 Å². The van der Waals surface area contributed by atoms with Gasteiger partial charge >= 0.3 is 27.3 Å². The molecular formula is C2H4O3Pb. The molecule has 0 amide bonds. The fourth-order valence-electron chi connectivity index (χ4n) is 0. The van der Waals surface area contributed by atoms with Crippen LogP contribution in [0.2, 0.25) is 0 Å². The first-order valence-electron chi connectivity index (χ1n) is 0.908. The van der Waals surface area contributed by atoms with Crippen LogP contribution in [0, 0.1) is 0 Å². The first-order chi connectivity index (χ1) is 1.73. The third-order valence-corrected chi connectivity index (χ3v) is 0. The van der Waals surface area contributed by atoms with Crippen LogP contribution >= 0.6 is 0 Å². The Morgan fingerprint density at radius 3 is 1.67 bits per heavy atom. The zero-order valence-corrected chi connectivity index (χ0v) is 7.15. The maximum Gasteiger partial charge on any atom is 2.00 e. The minimum Gasteiger partial charge on any atom is -0.870 e. The van der Waals surface area contributed by atoms with Crippen molar-refractivity contribution in [1.82, 2.24) is 0 Å². The summed E-state index contributed by atoms with van der Waals surface area (Å²) in [6, 6.07) is 0. The monoisotopic (exact) mass is 284 g/mol. The van der Waals surface area contributed by atoms with Gasteiger partial charge < -0.3 is 15.4 Å². The van der Waals surface area contributed by atoms with E-state index in [-0.39, 0.29) is 32.8 Å². The van der Waals surface area contributed by atoms with Crippen molar-refractivity contribution in [2.45, 2.75) is 6.92 Å². The van der Waals surface area contributed by atoms with Crippen molar-refractivity contribution in [3.05, 3.63) is 0 Å². The predicted molar refractivity (Wildman–Crippen MR) is 18.4 cm³/mol. The number of carboxylic acids is 1. The third kappa shape index (κ3) is 395. The molecule has 0 spiro atoms. The molecule has 0 aromatic carbocycles. The molecule has 0 heterocycles. The van der Waals surface area contributed by atoms with E-state index in [1.54, 1.807) is 0 Å². The normalized spacial score (nSPS) is 4.17. The molecule has 6 heavy (non-hydrogen) atoms. The Morgan fingerprint density at radius 1 is 1.67 bits per heavy atom. The van der Waals surface area contributed by atoms with Crippen molar-refractivity contribution >= 4 is 33.3 Å². The Balaban J connectivity index is -0.0000000450. The second-order valence-electron chi connectivity index (χ2n) is 0.492. The molecule has 0 saturated carbocycles. The molecule has 0 aliphatic carbocycles. The molecule has 0 fully saturated rings. The molecule has 1 N–H and O–H groups in total. The Hall–Kier alpha value is 0.352. The molecule has 0 aliphatic heterocycles. The van der Waals surface area contributed by atoms with Crippen LogP contribution in [0.1, 0.15) is 6.92 Å². The van der Waals surface area contributed by atoms with Crippen molar-refractivity contribution in [2.24, 2.45) is 0 Å². The summed E-state index contributed by atoms with van der Waals surface area (Å²) in [5.74, 6) is -1.08. The van der Waals surface area contributed by atoms with Crippen LogP contribution in [0.3, 0.4) is 0 Å². The smallest absolute Gasteiger partial charge is 0.870 e. The van der Waals surface area contributed by atoms with E-state index in [0.717, 1.165) is 6.92 Å². The minimum atomic E-state index is -1.08. The molecule has 0 aromatic rings. The standard InChI is InChI=1S/C2H4O2.H2O.Pb/c1-2(3)4;;/h1H3,(H,3,4);1H2;/q;;+2/p-2. The Kier molecular flexibility index (Phi) is 24.3. The number of rotatable bonds is 0. The summed E-state index contributed by atoms with van der Waals surface area (Å²) < 4.78 is 0. The Morgan fingerprint density at radius 2 is 1.67 bits per heavy atom. The summed E-state index contributed by atoms with van der Waals surface area (Å²) in [7, 11) is 0. The number of carbonyl (C=O) groups excluding carboxylic acids is 1. The molecule has 34 valence electrons. The van der Waals surface area contributed by atoms with Gasteiger partial charge in [-0.05, 0) is 6.92 Å². The summed E-state index contributed by atoms with van der Waals surface area (Å²) >= 11 is 0. The fourth-order valence-corrected chi connectivity index (χ4v) is 0. The SMILES string of the molecule is CC(=O)[O-].[OH-].[Pb+2]. The van der Waals surface area contributed by atoms with E-state index in [2.05, 4.69) is 0 Å². The first-order valence-corrected chi connectivity index (χ1v) is 0.908. The van der Waals surface area contributed by atoms with E-state index in [9.17, 15) is 0 Å². The minimum absolute atomic E-state index is 0. The van der Waals surface area contributed by atoms with Crippen LogP contribution in [0.5, 0.6) is 0 Å². The summed E-state index contributed by atoms with van der Waals surface area (Å²) in [6.45, 7) is 0.972. The fraction of sp³-hybridized carbons (Fsp3) is 0.500. The zero-order chi connectivity index (χ0) is 3.58. The Labute approximate surface area is 55.8 Å². The van der Waals surface area contributed by atoms with Crippen LogP contribution in [-0.4, -0.2) is 38.7 Å². The van der Waals surface area contributed by atoms with Crippen LogP contribution < -0.4 is 5.11 Å². The predicted octanol–water partition coefficient (Wildman–Crippen LogP) is -1.80. The quantitative estimate of drug-likeness (QED) is 0.492. The van der Waals surface area contributed by atoms with Crippen molar-refractivity contribution in [3.8, 4) is 0 Å². The average molecular weight is 283 g/mol. The van der Waals surface area contributed by atoms with Gasteiger partial charge in [0, 0.05) is 5.97 Å². The van der Waals surface area contributed by atoms with Gasteiger partial charge in [0.05, 0.1) is 0 Å². The molecule has 0 rings (SSSR count). The largest absolute Gasteiger partial charge is 2.00 e. The van der Waals surface area contributed by atoms with E-state index in [0.29, 0.717) is 0 Å². The number of carboxylic acid groups (broad SMARTS) is 1. The molecular weight excluding hydrogens is 279 g/mol. The van der Waals surface area contributed by atoms with Crippen LogP contribution in [0.25, 0.3) is 0 Å². The van der Waals surface area contributed by atoms with Gasteiger partial charge in [0.15, 0.2) is 0 Å². The molecule has 0 saturated heterocycles. The molecule has 4 heteroatoms. The summed E-state index contributed by atoms with van der Waals surface area (Å²) in [5.41, 5.74) is 0. The molecule has 0 aromatic heterocycles. The van der Waals surface area contributed by atoms with Crippen molar-refractivity contribution in [2.75, 3.05) is 0 Å². The number of hydrogen-bond donors (Lipinski definition) is 0. The average Bonchev–Trinajstić information content (AvgIpc) is 0.811. The maximum absolute atomic E-state index is 8.89. The number of hydrogen-bond acceptors (Lipinski definition) is 3. The van der Waals surface area contributed by atoms with Crippen molar-refractivity contribution in [1.29, 1.82) is 0 Å². The van der Waals surface area contributed by atoms with Gasteiger partial charge in [-0.2, -0.15) is 0 Å². The molecule has 0 aliphatic rings. The van der Waals surface area contributed by atoms with Gasteiger partial charge in [0.25, 0.3) is 0 Å². The van der Waals surface area contributed by atoms with E-state index in [1.807, 2.05) is 0 Å². The summed E-state index contributed by atoms with van der Waals surface area (Å²) in [5, 5.41) is 8.89. The Bertz CT molecular complexity index is 31.8. The molecule has 0 bridgehead atoms. The number of carbonyl (C=O) groups is 1. The molecule has 3 nitrogen and oxygen atoms in total. The van der Waals surface area contributed by atoms with Gasteiger partial charge in [-0.1, -0.05) is 0 Å². The van der Waals surface area contributed by atoms with Crippen LogP contribution in [0.4, 0.5) is 0 Å². The second kappa shape index (κ2) is 9.02. The van der Waals surface area contributed by atoms with Gasteiger partial charge in [0.2, 0.25) is 0 Å². The zero-order valence-electron chi connectivity index (χ0n) is 3.26. The maximum atomic E-state index is 8.89. The summed E-state index contributed by atoms with van der Waals surface area (Å²) in [6.07, 6.45) is 0. The van der Waals surface area contributed by atoms with Gasteiger partial charge in [-0.3, -0.25) is 0 Å². The van der Waals surface area contributed by atoms with Gasteiger partial charge in [-0.25, -0.2) is 0 Å². The number of aliphatic carboxylic acids is 1. The third-order valence-electron chi connectivity index (χ3n) is 0. The van der Waals surface area contributed by atoms with Crippen LogP contribution in [-0.2, 0) is 4.79 Å².